The van der Waals surface area contributed by atoms with Crippen molar-refractivity contribution >= 4 is 26.7 Å². The lowest BCUT2D eigenvalue weighted by Gasteiger charge is -2.07. The maximum Gasteiger partial charge on any atom is 0.332 e. The summed E-state index contributed by atoms with van der Waals surface area (Å²) in [7, 11) is 0.316. The van der Waals surface area contributed by atoms with E-state index in [1.807, 2.05) is 0 Å². The molecule has 0 spiro atoms. The molecule has 0 radical (unpaired) electrons. The van der Waals surface area contributed by atoms with Crippen LogP contribution in [0.4, 0.5) is 5.69 Å². The SMILES string of the molecule is Cn1c(=O)c2c(nc(S(=O)(=O)Cc3ccccc3N)n2C)n(C)c1=O. The Morgan fingerprint density at radius 2 is 1.68 bits per heavy atom. The second-order valence-electron chi connectivity index (χ2n) is 5.79. The van der Waals surface area contributed by atoms with Gasteiger partial charge in [-0.3, -0.25) is 13.9 Å². The number of hydrogen-bond donors (Lipinski definition) is 1. The summed E-state index contributed by atoms with van der Waals surface area (Å²) in [5.74, 6) is -0.356. The van der Waals surface area contributed by atoms with Gasteiger partial charge in [0.2, 0.25) is 15.0 Å². The number of benzene rings is 1. The van der Waals surface area contributed by atoms with Crippen molar-refractivity contribution in [2.75, 3.05) is 5.73 Å². The van der Waals surface area contributed by atoms with E-state index < -0.39 is 21.1 Å². The van der Waals surface area contributed by atoms with E-state index in [0.29, 0.717) is 11.3 Å². The van der Waals surface area contributed by atoms with Gasteiger partial charge in [0.05, 0.1) is 5.75 Å². The van der Waals surface area contributed by atoms with E-state index in [9.17, 15) is 18.0 Å². The molecule has 2 heterocycles. The van der Waals surface area contributed by atoms with E-state index in [1.54, 1.807) is 24.3 Å². The number of rotatable bonds is 3. The Bertz CT molecular complexity index is 1220. The van der Waals surface area contributed by atoms with Gasteiger partial charge >= 0.3 is 5.69 Å². The van der Waals surface area contributed by atoms with Crippen molar-refractivity contribution in [2.45, 2.75) is 10.9 Å². The Hall–Kier alpha value is -2.88. The van der Waals surface area contributed by atoms with E-state index in [0.717, 1.165) is 9.13 Å². The number of nitrogens with zero attached hydrogens (tertiary/aromatic N) is 4. The predicted molar refractivity (Wildman–Crippen MR) is 92.9 cm³/mol. The normalized spacial score (nSPS) is 12.0. The quantitative estimate of drug-likeness (QED) is 0.628. The third-order valence-corrected chi connectivity index (χ3v) is 5.73. The summed E-state index contributed by atoms with van der Waals surface area (Å²) >= 11 is 0. The van der Waals surface area contributed by atoms with Crippen LogP contribution < -0.4 is 17.0 Å². The van der Waals surface area contributed by atoms with E-state index in [4.69, 9.17) is 5.73 Å². The third kappa shape index (κ3) is 2.54. The second-order valence-corrected chi connectivity index (χ2v) is 7.67. The largest absolute Gasteiger partial charge is 0.398 e. The van der Waals surface area contributed by atoms with Crippen LogP contribution in [-0.4, -0.2) is 27.1 Å². The molecular weight excluding hydrogens is 346 g/mol. The number of anilines is 1. The van der Waals surface area contributed by atoms with Crippen LogP contribution in [0.5, 0.6) is 0 Å². The van der Waals surface area contributed by atoms with E-state index in [1.165, 1.54) is 25.7 Å². The molecule has 25 heavy (non-hydrogen) atoms. The van der Waals surface area contributed by atoms with Gasteiger partial charge in [-0.2, -0.15) is 4.98 Å². The molecule has 0 amide bonds. The Labute approximate surface area is 142 Å². The van der Waals surface area contributed by atoms with E-state index >= 15 is 0 Å². The summed E-state index contributed by atoms with van der Waals surface area (Å²) in [6.45, 7) is 0. The molecule has 3 aromatic rings. The molecule has 132 valence electrons. The second kappa shape index (κ2) is 5.59. The molecule has 10 heteroatoms. The first-order chi connectivity index (χ1) is 11.6. The van der Waals surface area contributed by atoms with E-state index in [-0.39, 0.29) is 22.1 Å². The van der Waals surface area contributed by atoms with Gasteiger partial charge < -0.3 is 10.3 Å². The lowest BCUT2D eigenvalue weighted by molar-refractivity contribution is 0.579. The fraction of sp³-hybridized carbons (Fsp3) is 0.267. The highest BCUT2D eigenvalue weighted by atomic mass is 32.2. The molecule has 2 N–H and O–H groups in total. The molecule has 0 aliphatic rings. The number of hydrogen-bond acceptors (Lipinski definition) is 6. The van der Waals surface area contributed by atoms with Gasteiger partial charge in [0, 0.05) is 26.8 Å². The number of sulfone groups is 1. The molecule has 0 atom stereocenters. The van der Waals surface area contributed by atoms with Crippen molar-refractivity contribution in [1.82, 2.24) is 18.7 Å². The third-order valence-electron chi connectivity index (χ3n) is 4.11. The number of imidazole rings is 1. The number of aromatic nitrogens is 4. The van der Waals surface area contributed by atoms with Gasteiger partial charge in [-0.25, -0.2) is 13.2 Å². The molecule has 0 unspecified atom stereocenters. The van der Waals surface area contributed by atoms with Crippen LogP contribution in [-0.2, 0) is 36.7 Å². The summed E-state index contributed by atoms with van der Waals surface area (Å²) < 4.78 is 28.9. The van der Waals surface area contributed by atoms with Gasteiger partial charge in [0.1, 0.15) is 0 Å². The van der Waals surface area contributed by atoms with Crippen molar-refractivity contribution in [2.24, 2.45) is 21.1 Å². The van der Waals surface area contributed by atoms with Crippen LogP contribution in [0.1, 0.15) is 5.56 Å². The minimum Gasteiger partial charge on any atom is -0.398 e. The number of nitrogen functional groups attached to an aromatic ring is 1. The van der Waals surface area contributed by atoms with Crippen molar-refractivity contribution in [3.63, 3.8) is 0 Å². The fourth-order valence-corrected chi connectivity index (χ4v) is 4.25. The number of aryl methyl sites for hydroxylation is 2. The Morgan fingerprint density at radius 3 is 2.32 bits per heavy atom. The zero-order valence-corrected chi connectivity index (χ0v) is 14.7. The first-order valence-electron chi connectivity index (χ1n) is 7.33. The summed E-state index contributed by atoms with van der Waals surface area (Å²) in [5, 5.41) is -0.288. The van der Waals surface area contributed by atoms with Crippen molar-refractivity contribution in [3.8, 4) is 0 Å². The molecule has 2 aromatic heterocycles. The van der Waals surface area contributed by atoms with E-state index in [2.05, 4.69) is 4.98 Å². The maximum atomic E-state index is 12.8. The van der Waals surface area contributed by atoms with Crippen molar-refractivity contribution in [3.05, 3.63) is 50.7 Å². The maximum absolute atomic E-state index is 12.8. The lowest BCUT2D eigenvalue weighted by atomic mass is 10.2. The fourth-order valence-electron chi connectivity index (χ4n) is 2.71. The average molecular weight is 363 g/mol. The van der Waals surface area contributed by atoms with Gasteiger partial charge in [-0.05, 0) is 11.6 Å². The lowest BCUT2D eigenvalue weighted by Crippen LogP contribution is -2.37. The molecule has 9 nitrogen and oxygen atoms in total. The topological polar surface area (TPSA) is 122 Å². The first kappa shape index (κ1) is 17.0. The molecule has 0 aliphatic heterocycles. The highest BCUT2D eigenvalue weighted by molar-refractivity contribution is 7.90. The first-order valence-corrected chi connectivity index (χ1v) is 8.99. The Balaban J connectivity index is 2.26. The smallest absolute Gasteiger partial charge is 0.332 e. The van der Waals surface area contributed by atoms with Crippen LogP contribution in [0, 0.1) is 0 Å². The van der Waals surface area contributed by atoms with Gasteiger partial charge in [0.25, 0.3) is 5.56 Å². The van der Waals surface area contributed by atoms with Crippen LogP contribution in [0.3, 0.4) is 0 Å². The molecule has 1 aromatic carbocycles. The van der Waals surface area contributed by atoms with Crippen LogP contribution in [0.25, 0.3) is 11.2 Å². The predicted octanol–water partition coefficient (Wildman–Crippen LogP) is -0.473. The number of para-hydroxylation sites is 1. The zero-order valence-electron chi connectivity index (χ0n) is 13.9. The van der Waals surface area contributed by atoms with Crippen LogP contribution in [0.2, 0.25) is 0 Å². The van der Waals surface area contributed by atoms with Crippen LogP contribution >= 0.6 is 0 Å². The summed E-state index contributed by atoms with van der Waals surface area (Å²) in [6.07, 6.45) is 0. The number of fused-ring (bicyclic) bond motifs is 1. The molecular formula is C15H17N5O4S. The van der Waals surface area contributed by atoms with Gasteiger partial charge in [-0.15, -0.1) is 0 Å². The monoisotopic (exact) mass is 363 g/mol. The molecule has 0 fully saturated rings. The standard InChI is InChI=1S/C15H17N5O4S/c1-18-11-12(19(2)15(22)20(3)13(11)21)17-14(18)25(23,24)8-9-6-4-5-7-10(9)16/h4-7H,8,16H2,1-3H3. The van der Waals surface area contributed by atoms with Gasteiger partial charge in [-0.1, -0.05) is 18.2 Å². The molecule has 0 bridgehead atoms. The Morgan fingerprint density at radius 1 is 1.04 bits per heavy atom. The summed E-state index contributed by atoms with van der Waals surface area (Å²) in [5.41, 5.74) is 5.50. The highest BCUT2D eigenvalue weighted by Crippen LogP contribution is 2.21. The summed E-state index contributed by atoms with van der Waals surface area (Å²) in [4.78, 5) is 28.4. The molecule has 0 aliphatic carbocycles. The minimum absolute atomic E-state index is 0.0233. The number of nitrogens with two attached hydrogens (primary N) is 1. The van der Waals surface area contributed by atoms with Crippen LogP contribution in [0.15, 0.2) is 39.0 Å². The van der Waals surface area contributed by atoms with Crippen molar-refractivity contribution < 1.29 is 8.42 Å². The van der Waals surface area contributed by atoms with Crippen molar-refractivity contribution in [1.29, 1.82) is 0 Å². The zero-order chi connectivity index (χ0) is 18.5. The highest BCUT2D eigenvalue weighted by Gasteiger charge is 2.26. The molecule has 0 saturated heterocycles. The average Bonchev–Trinajstić information content (AvgIpc) is 2.91. The summed E-state index contributed by atoms with van der Waals surface area (Å²) in [6, 6.07) is 6.62. The minimum atomic E-state index is -3.88. The molecule has 0 saturated carbocycles. The Kier molecular flexibility index (Phi) is 3.79. The van der Waals surface area contributed by atoms with Gasteiger partial charge in [0.15, 0.2) is 11.2 Å². The molecule has 3 rings (SSSR count).